The second-order valence-electron chi connectivity index (χ2n) is 11.0. The van der Waals surface area contributed by atoms with Crippen LogP contribution in [0.2, 0.25) is 0 Å². The molecule has 5 aliphatic rings. The molecular weight excluding hydrogens is 484 g/mol. The van der Waals surface area contributed by atoms with Gasteiger partial charge in [0, 0.05) is 29.2 Å². The van der Waals surface area contributed by atoms with Crippen LogP contribution in [0.25, 0.3) is 0 Å². The SMILES string of the molecule is O=C(Nc1ccc(C23C[C@@H]4C[C@@H](CC(Cl)(C4)C2)C3)cc1)c1ccc(S(=O)(=O)N2CCOCC2)cc1. The topological polar surface area (TPSA) is 75.7 Å². The number of carbonyl (C=O) groups excluding carboxylic acids is 1. The first-order valence-electron chi connectivity index (χ1n) is 12.5. The maximum atomic E-state index is 12.8. The molecule has 0 radical (unpaired) electrons. The number of sulfonamides is 1. The van der Waals surface area contributed by atoms with Crippen molar-refractivity contribution in [3.05, 3.63) is 59.7 Å². The Kier molecular flexibility index (Phi) is 5.75. The molecule has 1 aliphatic heterocycles. The van der Waals surface area contributed by atoms with Crippen LogP contribution in [0, 0.1) is 11.8 Å². The van der Waals surface area contributed by atoms with Crippen LogP contribution in [0.3, 0.4) is 0 Å². The van der Waals surface area contributed by atoms with E-state index in [4.69, 9.17) is 16.3 Å². The summed E-state index contributed by atoms with van der Waals surface area (Å²) in [5.41, 5.74) is 2.66. The average Bonchev–Trinajstić information content (AvgIpc) is 2.83. The zero-order valence-electron chi connectivity index (χ0n) is 19.7. The van der Waals surface area contributed by atoms with Gasteiger partial charge < -0.3 is 10.1 Å². The van der Waals surface area contributed by atoms with E-state index in [1.54, 1.807) is 12.1 Å². The number of morpholine rings is 1. The number of rotatable bonds is 5. The summed E-state index contributed by atoms with van der Waals surface area (Å²) in [5.74, 6) is 1.22. The summed E-state index contributed by atoms with van der Waals surface area (Å²) in [6.45, 7) is 1.48. The third-order valence-electron chi connectivity index (χ3n) is 8.47. The fraction of sp³-hybridized carbons (Fsp3) is 0.519. The maximum Gasteiger partial charge on any atom is 0.255 e. The molecule has 6 nitrogen and oxygen atoms in total. The second-order valence-corrected chi connectivity index (χ2v) is 13.7. The number of hydrogen-bond acceptors (Lipinski definition) is 4. The molecule has 1 heterocycles. The first-order valence-corrected chi connectivity index (χ1v) is 14.4. The van der Waals surface area contributed by atoms with Gasteiger partial charge in [0.1, 0.15) is 0 Å². The van der Waals surface area contributed by atoms with E-state index in [1.807, 2.05) is 12.1 Å². The number of carbonyl (C=O) groups is 1. The Balaban J connectivity index is 1.14. The fourth-order valence-corrected chi connectivity index (χ4v) is 9.41. The Bertz CT molecular complexity index is 1210. The lowest BCUT2D eigenvalue weighted by atomic mass is 9.47. The van der Waals surface area contributed by atoms with E-state index in [2.05, 4.69) is 17.4 Å². The van der Waals surface area contributed by atoms with E-state index < -0.39 is 10.0 Å². The lowest BCUT2D eigenvalue weighted by molar-refractivity contribution is 0.00900. The number of benzene rings is 2. The summed E-state index contributed by atoms with van der Waals surface area (Å²) in [4.78, 5) is 13.0. The van der Waals surface area contributed by atoms with E-state index in [1.165, 1.54) is 41.3 Å². The largest absolute Gasteiger partial charge is 0.379 e. The van der Waals surface area contributed by atoms with Crippen LogP contribution >= 0.6 is 11.6 Å². The highest BCUT2D eigenvalue weighted by Crippen LogP contribution is 2.64. The van der Waals surface area contributed by atoms with Gasteiger partial charge in [-0.3, -0.25) is 4.79 Å². The quantitative estimate of drug-likeness (QED) is 0.582. The number of anilines is 1. The Morgan fingerprint density at radius 2 is 1.57 bits per heavy atom. The van der Waals surface area contributed by atoms with Crippen LogP contribution in [0.4, 0.5) is 5.69 Å². The van der Waals surface area contributed by atoms with Gasteiger partial charge in [0.2, 0.25) is 10.0 Å². The molecule has 1 saturated heterocycles. The minimum Gasteiger partial charge on any atom is -0.379 e. The Labute approximate surface area is 212 Å². The van der Waals surface area contributed by atoms with Crippen LogP contribution < -0.4 is 5.32 Å². The van der Waals surface area contributed by atoms with Crippen molar-refractivity contribution in [2.24, 2.45) is 11.8 Å². The first kappa shape index (κ1) is 23.5. The number of hydrogen-bond donors (Lipinski definition) is 1. The standard InChI is InChI=1S/C27H31ClN2O4S/c28-27-16-19-13-20(17-27)15-26(14-19,18-27)22-3-5-23(6-4-22)29-25(31)21-1-7-24(8-2-21)35(32,33)30-9-11-34-12-10-30/h1-8,19-20H,9-18H2,(H,29,31)/t19-,20+,26?,27?. The molecule has 4 saturated carbocycles. The van der Waals surface area contributed by atoms with Crippen LogP contribution in [-0.4, -0.2) is 49.8 Å². The zero-order valence-corrected chi connectivity index (χ0v) is 21.3. The smallest absolute Gasteiger partial charge is 0.255 e. The van der Waals surface area contributed by atoms with Gasteiger partial charge in [-0.05, 0) is 97.7 Å². The molecule has 4 bridgehead atoms. The van der Waals surface area contributed by atoms with Gasteiger partial charge in [-0.2, -0.15) is 4.31 Å². The van der Waals surface area contributed by atoms with Gasteiger partial charge in [0.25, 0.3) is 5.91 Å². The molecule has 8 heteroatoms. The zero-order chi connectivity index (χ0) is 24.3. The third-order valence-corrected chi connectivity index (χ3v) is 10.8. The highest BCUT2D eigenvalue weighted by Gasteiger charge is 2.57. The molecule has 1 N–H and O–H groups in total. The van der Waals surface area contributed by atoms with Crippen molar-refractivity contribution in [1.82, 2.24) is 4.31 Å². The van der Waals surface area contributed by atoms with Crippen LogP contribution in [-0.2, 0) is 20.2 Å². The van der Waals surface area contributed by atoms with E-state index in [-0.39, 0.29) is 21.1 Å². The van der Waals surface area contributed by atoms with Crippen LogP contribution in [0.5, 0.6) is 0 Å². The van der Waals surface area contributed by atoms with Gasteiger partial charge in [-0.15, -0.1) is 11.6 Å². The summed E-state index contributed by atoms with van der Waals surface area (Å²) in [6, 6.07) is 14.4. The van der Waals surface area contributed by atoms with E-state index >= 15 is 0 Å². The van der Waals surface area contributed by atoms with Crippen molar-refractivity contribution in [1.29, 1.82) is 0 Å². The number of nitrogens with zero attached hydrogens (tertiary/aromatic N) is 1. The van der Waals surface area contributed by atoms with Crippen molar-refractivity contribution >= 4 is 33.2 Å². The average molecular weight is 515 g/mol. The second kappa shape index (κ2) is 8.58. The molecule has 1 amide bonds. The minimum absolute atomic E-state index is 0.0294. The molecule has 0 aromatic heterocycles. The van der Waals surface area contributed by atoms with Crippen molar-refractivity contribution < 1.29 is 17.9 Å². The molecule has 4 aliphatic carbocycles. The lowest BCUT2D eigenvalue weighted by Gasteiger charge is -2.60. The third kappa shape index (κ3) is 4.31. The van der Waals surface area contributed by atoms with Crippen molar-refractivity contribution in [2.75, 3.05) is 31.6 Å². The highest BCUT2D eigenvalue weighted by atomic mass is 35.5. The summed E-state index contributed by atoms with van der Waals surface area (Å²) >= 11 is 7.02. The number of amides is 1. The molecule has 2 unspecified atom stereocenters. The number of halogens is 1. The molecule has 186 valence electrons. The summed E-state index contributed by atoms with van der Waals surface area (Å²) in [6.07, 6.45) is 7.16. The summed E-state index contributed by atoms with van der Waals surface area (Å²) in [5, 5.41) is 2.95. The van der Waals surface area contributed by atoms with E-state index in [0.29, 0.717) is 31.9 Å². The predicted molar refractivity (Wildman–Crippen MR) is 135 cm³/mol. The molecule has 7 rings (SSSR count). The molecule has 0 spiro atoms. The predicted octanol–water partition coefficient (Wildman–Crippen LogP) is 4.79. The monoisotopic (exact) mass is 514 g/mol. The summed E-state index contributed by atoms with van der Waals surface area (Å²) < 4.78 is 32.3. The number of ether oxygens (including phenoxy) is 1. The van der Waals surface area contributed by atoms with Gasteiger partial charge in [-0.1, -0.05) is 12.1 Å². The van der Waals surface area contributed by atoms with Crippen molar-refractivity contribution in [3.63, 3.8) is 0 Å². The lowest BCUT2D eigenvalue weighted by Crippen LogP contribution is -2.55. The summed E-state index contributed by atoms with van der Waals surface area (Å²) in [7, 11) is -3.58. The first-order chi connectivity index (χ1) is 16.7. The molecule has 2 aromatic rings. The van der Waals surface area contributed by atoms with Gasteiger partial charge >= 0.3 is 0 Å². The highest BCUT2D eigenvalue weighted by molar-refractivity contribution is 7.89. The normalized spacial score (nSPS) is 32.5. The molecular formula is C27H31ClN2O4S. The van der Waals surface area contributed by atoms with E-state index in [9.17, 15) is 13.2 Å². The Morgan fingerprint density at radius 3 is 2.17 bits per heavy atom. The maximum absolute atomic E-state index is 12.8. The van der Waals surface area contributed by atoms with Gasteiger partial charge in [-0.25, -0.2) is 8.42 Å². The van der Waals surface area contributed by atoms with Gasteiger partial charge in [0.05, 0.1) is 18.1 Å². The molecule has 5 fully saturated rings. The van der Waals surface area contributed by atoms with Crippen LogP contribution in [0.15, 0.2) is 53.4 Å². The molecule has 4 atom stereocenters. The van der Waals surface area contributed by atoms with Crippen LogP contribution in [0.1, 0.15) is 54.4 Å². The fourth-order valence-electron chi connectivity index (χ4n) is 7.31. The van der Waals surface area contributed by atoms with Crippen molar-refractivity contribution in [3.8, 4) is 0 Å². The molecule has 35 heavy (non-hydrogen) atoms. The van der Waals surface area contributed by atoms with Crippen molar-refractivity contribution in [2.45, 2.75) is 53.7 Å². The van der Waals surface area contributed by atoms with Gasteiger partial charge in [0.15, 0.2) is 0 Å². The number of alkyl halides is 1. The number of nitrogens with one attached hydrogen (secondary N) is 1. The van der Waals surface area contributed by atoms with E-state index in [0.717, 1.165) is 36.8 Å². The Morgan fingerprint density at radius 1 is 0.943 bits per heavy atom. The molecule has 2 aromatic carbocycles. The Hall–Kier alpha value is -1.93. The minimum atomic E-state index is -3.58.